The highest BCUT2D eigenvalue weighted by Gasteiger charge is 2.22. The van der Waals surface area contributed by atoms with Crippen LogP contribution < -0.4 is 0 Å². The van der Waals surface area contributed by atoms with Gasteiger partial charge in [-0.2, -0.15) is 0 Å². The minimum atomic E-state index is -1.37. The van der Waals surface area contributed by atoms with Crippen LogP contribution in [0.25, 0.3) is 0 Å². The van der Waals surface area contributed by atoms with Gasteiger partial charge in [-0.25, -0.2) is 0 Å². The van der Waals surface area contributed by atoms with Crippen molar-refractivity contribution in [3.8, 4) is 0 Å². The molecular weight excluding hydrogens is 235 g/mol. The van der Waals surface area contributed by atoms with Crippen LogP contribution in [0, 0.1) is 0 Å². The molecule has 0 aliphatic rings. The first-order valence-corrected chi connectivity index (χ1v) is 4.77. The lowest BCUT2D eigenvalue weighted by Crippen LogP contribution is -2.00. The molecule has 0 nitrogen and oxygen atoms in total. The highest BCUT2D eigenvalue weighted by atomic mass is 35.6. The van der Waals surface area contributed by atoms with Crippen molar-refractivity contribution in [1.82, 2.24) is 0 Å². The Balaban J connectivity index is 3.10. The van der Waals surface area contributed by atoms with E-state index in [2.05, 4.69) is 0 Å². The van der Waals surface area contributed by atoms with Crippen LogP contribution in [0.5, 0.6) is 0 Å². The minimum absolute atomic E-state index is 0.631. The first-order valence-electron chi connectivity index (χ1n) is 3.16. The molecular formula is C8H5Cl3S. The van der Waals surface area contributed by atoms with E-state index in [0.717, 1.165) is 5.56 Å². The molecule has 0 heterocycles. The average Bonchev–Trinajstić information content (AvgIpc) is 2.03. The Morgan fingerprint density at radius 2 is 1.92 bits per heavy atom. The molecule has 0 spiro atoms. The lowest BCUT2D eigenvalue weighted by molar-refractivity contribution is 1.24. The first-order chi connectivity index (χ1) is 5.54. The summed E-state index contributed by atoms with van der Waals surface area (Å²) in [5.41, 5.74) is 1.50. The molecule has 4 heteroatoms. The Morgan fingerprint density at radius 3 is 2.42 bits per heavy atom. The molecule has 0 unspecified atom stereocenters. The predicted octanol–water partition coefficient (Wildman–Crippen LogP) is 3.86. The molecule has 0 atom stereocenters. The molecule has 0 bridgehead atoms. The lowest BCUT2D eigenvalue weighted by Gasteiger charge is -2.10. The molecule has 0 aliphatic carbocycles. The van der Waals surface area contributed by atoms with Gasteiger partial charge in [-0.15, -0.1) is 0 Å². The summed E-state index contributed by atoms with van der Waals surface area (Å²) >= 11 is 21.8. The normalized spacial score (nSPS) is 11.2. The zero-order valence-corrected chi connectivity index (χ0v) is 9.01. The van der Waals surface area contributed by atoms with Gasteiger partial charge < -0.3 is 0 Å². The molecule has 0 fully saturated rings. The van der Waals surface area contributed by atoms with Gasteiger partial charge in [-0.3, -0.25) is 0 Å². The molecule has 1 aromatic rings. The van der Waals surface area contributed by atoms with Crippen LogP contribution in [0.3, 0.4) is 0 Å². The number of thiocarbonyl (C=S) groups is 1. The molecule has 0 aromatic heterocycles. The van der Waals surface area contributed by atoms with Gasteiger partial charge in [0.1, 0.15) is 0 Å². The van der Waals surface area contributed by atoms with Crippen molar-refractivity contribution < 1.29 is 0 Å². The van der Waals surface area contributed by atoms with Gasteiger partial charge in [0, 0.05) is 10.9 Å². The van der Waals surface area contributed by atoms with E-state index in [0.29, 0.717) is 5.56 Å². The van der Waals surface area contributed by atoms with Crippen LogP contribution in [-0.2, 0) is 3.79 Å². The quantitative estimate of drug-likeness (QED) is 0.530. The Bertz CT molecular complexity index is 291. The van der Waals surface area contributed by atoms with E-state index in [1.165, 1.54) is 0 Å². The van der Waals surface area contributed by atoms with Crippen molar-refractivity contribution in [2.24, 2.45) is 0 Å². The Hall–Kier alpha value is 0.180. The third kappa shape index (κ3) is 2.60. The summed E-state index contributed by atoms with van der Waals surface area (Å²) in [4.78, 5) is 0. The summed E-state index contributed by atoms with van der Waals surface area (Å²) in [6.45, 7) is 0. The zero-order chi connectivity index (χ0) is 9.19. The molecule has 0 aliphatic heterocycles. The summed E-state index contributed by atoms with van der Waals surface area (Å²) in [5, 5.41) is 1.54. The van der Waals surface area contributed by atoms with Crippen LogP contribution >= 0.6 is 47.0 Å². The average molecular weight is 240 g/mol. The molecule has 0 saturated heterocycles. The Kier molecular flexibility index (Phi) is 3.36. The summed E-state index contributed by atoms with van der Waals surface area (Å²) < 4.78 is -1.37. The molecule has 0 radical (unpaired) electrons. The van der Waals surface area contributed by atoms with E-state index in [4.69, 9.17) is 47.0 Å². The molecule has 1 rings (SSSR count). The molecule has 0 saturated carbocycles. The number of benzene rings is 1. The van der Waals surface area contributed by atoms with Crippen molar-refractivity contribution in [1.29, 1.82) is 0 Å². The molecule has 0 amide bonds. The van der Waals surface area contributed by atoms with Gasteiger partial charge in [-0.1, -0.05) is 65.2 Å². The van der Waals surface area contributed by atoms with E-state index in [1.54, 1.807) is 23.6 Å². The monoisotopic (exact) mass is 238 g/mol. The van der Waals surface area contributed by atoms with E-state index in [1.807, 2.05) is 6.07 Å². The van der Waals surface area contributed by atoms with Crippen LogP contribution in [0.15, 0.2) is 24.3 Å². The van der Waals surface area contributed by atoms with Crippen LogP contribution in [0.2, 0.25) is 0 Å². The number of hydrogen-bond acceptors (Lipinski definition) is 1. The largest absolute Gasteiger partial charge is 0.216 e. The molecule has 64 valence electrons. The van der Waals surface area contributed by atoms with Gasteiger partial charge >= 0.3 is 0 Å². The third-order valence-corrected chi connectivity index (χ3v) is 2.28. The maximum absolute atomic E-state index is 5.67. The summed E-state index contributed by atoms with van der Waals surface area (Å²) in [6, 6.07) is 7.15. The van der Waals surface area contributed by atoms with Crippen molar-refractivity contribution >= 4 is 52.4 Å². The predicted molar refractivity (Wildman–Crippen MR) is 58.4 cm³/mol. The van der Waals surface area contributed by atoms with Crippen molar-refractivity contribution in [2.75, 3.05) is 0 Å². The SMILES string of the molecule is S=Cc1cccc(C(Cl)(Cl)Cl)c1. The first kappa shape index (κ1) is 10.3. The topological polar surface area (TPSA) is 0 Å². The second-order valence-electron chi connectivity index (χ2n) is 2.24. The molecule has 12 heavy (non-hydrogen) atoms. The van der Waals surface area contributed by atoms with E-state index < -0.39 is 3.79 Å². The standard InChI is InChI=1S/C8H5Cl3S/c9-8(10,11)7-3-1-2-6(4-7)5-12/h1-5H. The lowest BCUT2D eigenvalue weighted by atomic mass is 10.2. The number of hydrogen-bond donors (Lipinski definition) is 0. The fourth-order valence-electron chi connectivity index (χ4n) is 0.788. The minimum Gasteiger partial charge on any atom is -0.0881 e. The number of halogens is 3. The number of rotatable bonds is 1. The van der Waals surface area contributed by atoms with Crippen LogP contribution in [0.1, 0.15) is 11.1 Å². The fraction of sp³-hybridized carbons (Fsp3) is 0.125. The fourth-order valence-corrected chi connectivity index (χ4v) is 1.29. The van der Waals surface area contributed by atoms with E-state index >= 15 is 0 Å². The highest BCUT2D eigenvalue weighted by molar-refractivity contribution is 7.79. The summed E-state index contributed by atoms with van der Waals surface area (Å²) in [5.74, 6) is 0. The van der Waals surface area contributed by atoms with Crippen molar-refractivity contribution in [2.45, 2.75) is 3.79 Å². The second-order valence-corrected chi connectivity index (χ2v) is 4.76. The van der Waals surface area contributed by atoms with Crippen LogP contribution in [-0.4, -0.2) is 5.37 Å². The van der Waals surface area contributed by atoms with Gasteiger partial charge in [0.25, 0.3) is 0 Å². The van der Waals surface area contributed by atoms with Gasteiger partial charge in [-0.05, 0) is 11.6 Å². The van der Waals surface area contributed by atoms with Gasteiger partial charge in [0.2, 0.25) is 3.79 Å². The van der Waals surface area contributed by atoms with Gasteiger partial charge in [0.15, 0.2) is 0 Å². The maximum atomic E-state index is 5.67. The highest BCUT2D eigenvalue weighted by Crippen LogP contribution is 2.38. The maximum Gasteiger partial charge on any atom is 0.216 e. The van der Waals surface area contributed by atoms with Crippen LogP contribution in [0.4, 0.5) is 0 Å². The smallest absolute Gasteiger partial charge is 0.0881 e. The zero-order valence-electron chi connectivity index (χ0n) is 5.93. The van der Waals surface area contributed by atoms with Crippen molar-refractivity contribution in [3.05, 3.63) is 35.4 Å². The second kappa shape index (κ2) is 3.93. The Morgan fingerprint density at radius 1 is 1.25 bits per heavy atom. The molecule has 0 N–H and O–H groups in total. The third-order valence-electron chi connectivity index (χ3n) is 1.35. The Labute approximate surface area is 91.4 Å². The van der Waals surface area contributed by atoms with Gasteiger partial charge in [0.05, 0.1) is 0 Å². The van der Waals surface area contributed by atoms with E-state index in [9.17, 15) is 0 Å². The summed E-state index contributed by atoms with van der Waals surface area (Å²) in [7, 11) is 0. The summed E-state index contributed by atoms with van der Waals surface area (Å²) in [6.07, 6.45) is 0. The van der Waals surface area contributed by atoms with Crippen molar-refractivity contribution in [3.63, 3.8) is 0 Å². The molecule has 1 aromatic carbocycles. The number of alkyl halides is 3. The van der Waals surface area contributed by atoms with E-state index in [-0.39, 0.29) is 0 Å².